The van der Waals surface area contributed by atoms with Gasteiger partial charge in [-0.1, -0.05) is 13.8 Å². The fourth-order valence-corrected chi connectivity index (χ4v) is 7.83. The van der Waals surface area contributed by atoms with Crippen molar-refractivity contribution in [1.82, 2.24) is 0 Å². The highest BCUT2D eigenvalue weighted by atomic mass is 16.5. The molecular formula is C21H33NO3. The first-order valence-corrected chi connectivity index (χ1v) is 10.1. The van der Waals surface area contributed by atoms with Gasteiger partial charge in [0.2, 0.25) is 0 Å². The molecule has 0 radical (unpaired) electrons. The Kier molecular flexibility index (Phi) is 4.22. The number of fused-ring (bicyclic) bond motifs is 5. The summed E-state index contributed by atoms with van der Waals surface area (Å²) < 4.78 is 5.60. The monoisotopic (exact) mass is 347 g/mol. The second-order valence-electron chi connectivity index (χ2n) is 9.89. The highest BCUT2D eigenvalue weighted by molar-refractivity contribution is 5.15. The van der Waals surface area contributed by atoms with E-state index in [1.807, 2.05) is 0 Å². The molecule has 4 rings (SSSR count). The van der Waals surface area contributed by atoms with Crippen molar-refractivity contribution in [3.63, 3.8) is 0 Å². The molecule has 4 fully saturated rings. The van der Waals surface area contributed by atoms with Crippen molar-refractivity contribution in [2.75, 3.05) is 7.11 Å². The largest absolute Gasteiger partial charge is 0.393 e. The lowest BCUT2D eigenvalue weighted by atomic mass is 9.43. The molecule has 2 N–H and O–H groups in total. The zero-order valence-corrected chi connectivity index (χ0v) is 15.8. The van der Waals surface area contributed by atoms with Gasteiger partial charge in [0, 0.05) is 7.11 Å². The molecule has 0 saturated heterocycles. The van der Waals surface area contributed by atoms with E-state index in [0.717, 1.165) is 44.9 Å². The summed E-state index contributed by atoms with van der Waals surface area (Å²) in [5.41, 5.74) is 0.0155. The number of rotatable bonds is 1. The van der Waals surface area contributed by atoms with Gasteiger partial charge in [-0.25, -0.2) is 0 Å². The summed E-state index contributed by atoms with van der Waals surface area (Å²) in [7, 11) is 1.70. The van der Waals surface area contributed by atoms with Crippen LogP contribution >= 0.6 is 0 Å². The molecule has 140 valence electrons. The quantitative estimate of drug-likeness (QED) is 0.764. The van der Waals surface area contributed by atoms with Crippen LogP contribution in [-0.2, 0) is 4.74 Å². The fourth-order valence-electron chi connectivity index (χ4n) is 7.83. The Morgan fingerprint density at radius 3 is 2.44 bits per heavy atom. The molecule has 0 unspecified atom stereocenters. The first kappa shape index (κ1) is 17.8. The average Bonchev–Trinajstić information content (AvgIpc) is 2.90. The Morgan fingerprint density at radius 2 is 1.76 bits per heavy atom. The number of ether oxygens (including phenoxy) is 1. The number of methoxy groups -OCH3 is 1. The Hall–Kier alpha value is -0.630. The molecule has 0 amide bonds. The minimum absolute atomic E-state index is 0.0205. The van der Waals surface area contributed by atoms with Crippen LogP contribution in [0.2, 0.25) is 0 Å². The van der Waals surface area contributed by atoms with Crippen molar-refractivity contribution in [2.24, 2.45) is 40.4 Å². The van der Waals surface area contributed by atoms with E-state index in [-0.39, 0.29) is 41.0 Å². The molecular weight excluding hydrogens is 314 g/mol. The van der Waals surface area contributed by atoms with Gasteiger partial charge in [0.15, 0.2) is 0 Å². The van der Waals surface area contributed by atoms with E-state index in [4.69, 9.17) is 4.74 Å². The van der Waals surface area contributed by atoms with Crippen molar-refractivity contribution in [3.8, 4) is 6.07 Å². The molecule has 4 saturated carbocycles. The smallest absolute Gasteiger partial charge is 0.0835 e. The summed E-state index contributed by atoms with van der Waals surface area (Å²) in [6.45, 7) is 4.60. The molecule has 4 aliphatic carbocycles. The minimum atomic E-state index is -0.375. The Balaban J connectivity index is 1.68. The SMILES string of the molecule is CO[C@H]1C[C@@]2(C)[C@@H](CC[C@@H]3[C@@H]2[C@@H](O)C[C@]2(C)[C@H](C#N)CC[C@@H]32)C[C@@H]1O. The van der Waals surface area contributed by atoms with Gasteiger partial charge in [0.05, 0.1) is 30.3 Å². The van der Waals surface area contributed by atoms with Crippen LogP contribution in [-0.4, -0.2) is 35.6 Å². The van der Waals surface area contributed by atoms with E-state index in [9.17, 15) is 15.5 Å². The van der Waals surface area contributed by atoms with Crippen LogP contribution in [0, 0.1) is 51.8 Å². The van der Waals surface area contributed by atoms with Gasteiger partial charge in [-0.2, -0.15) is 5.26 Å². The third-order valence-electron chi connectivity index (χ3n) is 9.05. The lowest BCUT2D eigenvalue weighted by Crippen LogP contribution is -2.61. The van der Waals surface area contributed by atoms with Gasteiger partial charge >= 0.3 is 0 Å². The van der Waals surface area contributed by atoms with Crippen molar-refractivity contribution in [3.05, 3.63) is 0 Å². The molecule has 4 heteroatoms. The highest BCUT2D eigenvalue weighted by Crippen LogP contribution is 2.67. The highest BCUT2D eigenvalue weighted by Gasteiger charge is 2.64. The van der Waals surface area contributed by atoms with Crippen LogP contribution in [0.15, 0.2) is 0 Å². The molecule has 4 aliphatic rings. The topological polar surface area (TPSA) is 73.5 Å². The van der Waals surface area contributed by atoms with Crippen molar-refractivity contribution < 1.29 is 14.9 Å². The van der Waals surface area contributed by atoms with Crippen molar-refractivity contribution >= 4 is 0 Å². The van der Waals surface area contributed by atoms with Crippen LogP contribution in [0.3, 0.4) is 0 Å². The second-order valence-corrected chi connectivity index (χ2v) is 9.89. The fraction of sp³-hybridized carbons (Fsp3) is 0.952. The molecule has 0 spiro atoms. The summed E-state index contributed by atoms with van der Waals surface area (Å²) in [4.78, 5) is 0. The van der Waals surface area contributed by atoms with E-state index < -0.39 is 0 Å². The summed E-state index contributed by atoms with van der Waals surface area (Å²) in [5.74, 6) is 1.94. The summed E-state index contributed by atoms with van der Waals surface area (Å²) >= 11 is 0. The zero-order valence-electron chi connectivity index (χ0n) is 15.8. The molecule has 0 aliphatic heterocycles. The molecule has 0 aromatic rings. The van der Waals surface area contributed by atoms with Crippen LogP contribution in [0.4, 0.5) is 0 Å². The van der Waals surface area contributed by atoms with E-state index >= 15 is 0 Å². The molecule has 10 atom stereocenters. The van der Waals surface area contributed by atoms with Crippen LogP contribution in [0.1, 0.15) is 58.8 Å². The molecule has 0 aromatic carbocycles. The molecule has 25 heavy (non-hydrogen) atoms. The predicted octanol–water partition coefficient (Wildman–Crippen LogP) is 3.13. The molecule has 0 heterocycles. The second kappa shape index (κ2) is 5.94. The minimum Gasteiger partial charge on any atom is -0.393 e. The first-order chi connectivity index (χ1) is 11.8. The van der Waals surface area contributed by atoms with Crippen molar-refractivity contribution in [1.29, 1.82) is 5.26 Å². The number of aliphatic hydroxyl groups excluding tert-OH is 2. The molecule has 0 aromatic heterocycles. The van der Waals surface area contributed by atoms with Gasteiger partial charge in [0.25, 0.3) is 0 Å². The maximum Gasteiger partial charge on any atom is 0.0835 e. The number of nitrogens with zero attached hydrogens (tertiary/aromatic N) is 1. The Labute approximate surface area is 151 Å². The third kappa shape index (κ3) is 2.35. The standard InChI is InChI=1S/C21H33NO3/c1-20-9-17(24)19-14(15(20)7-5-13(20)11-22)6-4-12-8-16(23)18(25-3)10-21(12,19)2/h12-19,23-24H,4-10H2,1-3H3/t12-,13-,14-,15-,16-,17-,18-,19+,20+,21-/m0/s1. The molecule has 4 nitrogen and oxygen atoms in total. The van der Waals surface area contributed by atoms with Gasteiger partial charge in [0.1, 0.15) is 0 Å². The van der Waals surface area contributed by atoms with Crippen molar-refractivity contribution in [2.45, 2.75) is 77.1 Å². The zero-order chi connectivity index (χ0) is 18.0. The van der Waals surface area contributed by atoms with E-state index in [2.05, 4.69) is 19.9 Å². The number of hydrogen-bond donors (Lipinski definition) is 2. The van der Waals surface area contributed by atoms with Gasteiger partial charge in [-0.15, -0.1) is 0 Å². The average molecular weight is 347 g/mol. The van der Waals surface area contributed by atoms with Gasteiger partial charge < -0.3 is 14.9 Å². The predicted molar refractivity (Wildman–Crippen MR) is 94.4 cm³/mol. The summed E-state index contributed by atoms with van der Waals surface area (Å²) in [5, 5.41) is 31.3. The van der Waals surface area contributed by atoms with E-state index in [1.54, 1.807) is 7.11 Å². The third-order valence-corrected chi connectivity index (χ3v) is 9.05. The van der Waals surface area contributed by atoms with E-state index in [0.29, 0.717) is 17.8 Å². The van der Waals surface area contributed by atoms with Gasteiger partial charge in [-0.05, 0) is 79.4 Å². The summed E-state index contributed by atoms with van der Waals surface area (Å²) in [6, 6.07) is 2.54. The lowest BCUT2D eigenvalue weighted by molar-refractivity contribution is -0.198. The van der Waals surface area contributed by atoms with Crippen LogP contribution < -0.4 is 0 Å². The Bertz CT molecular complexity index is 574. The number of aliphatic hydroxyl groups is 2. The normalized spacial score (nSPS) is 57.9. The van der Waals surface area contributed by atoms with Crippen LogP contribution in [0.25, 0.3) is 0 Å². The van der Waals surface area contributed by atoms with E-state index in [1.165, 1.54) is 0 Å². The lowest BCUT2D eigenvalue weighted by Gasteiger charge is -2.62. The van der Waals surface area contributed by atoms with Gasteiger partial charge in [-0.3, -0.25) is 0 Å². The summed E-state index contributed by atoms with van der Waals surface area (Å²) in [6.07, 6.45) is 6.00. The molecule has 0 bridgehead atoms. The first-order valence-electron chi connectivity index (χ1n) is 10.1. The van der Waals surface area contributed by atoms with Crippen LogP contribution in [0.5, 0.6) is 0 Å². The number of nitriles is 1. The Morgan fingerprint density at radius 1 is 1.00 bits per heavy atom. The number of hydrogen-bond acceptors (Lipinski definition) is 4. The maximum atomic E-state index is 11.2. The maximum absolute atomic E-state index is 11.2.